The maximum Gasteiger partial charge on any atom is 0.246 e. The number of fused-ring (bicyclic) bond motifs is 1. The third-order valence-electron chi connectivity index (χ3n) is 4.29. The molecule has 0 fully saturated rings. The zero-order chi connectivity index (χ0) is 16.4. The first-order valence-electron chi connectivity index (χ1n) is 7.60. The number of likely N-dealkylation sites (N-methyl/N-ethyl adjacent to an activating group) is 1. The van der Waals surface area contributed by atoms with Gasteiger partial charge in [-0.05, 0) is 12.1 Å². The first-order chi connectivity index (χ1) is 11.1. The van der Waals surface area contributed by atoms with Crippen molar-refractivity contribution in [2.45, 2.75) is 31.3 Å². The van der Waals surface area contributed by atoms with Crippen molar-refractivity contribution < 1.29 is 9.59 Å². The Kier molecular flexibility index (Phi) is 3.87. The van der Waals surface area contributed by atoms with Gasteiger partial charge in [-0.25, -0.2) is 0 Å². The number of carbonyl (C=O) groups is 2. The Balaban J connectivity index is 1.70. The fourth-order valence-electron chi connectivity index (χ4n) is 2.77. The number of rotatable bonds is 5. The lowest BCUT2D eigenvalue weighted by atomic mass is 10.0. The zero-order valence-electron chi connectivity index (χ0n) is 13.0. The summed E-state index contributed by atoms with van der Waals surface area (Å²) in [5.74, 6) is 2.39. The SMILES string of the molecule is C#CCCC1(CCC(=O)N2CC(=O)N(C)c3ccccc32)N=N1. The summed E-state index contributed by atoms with van der Waals surface area (Å²) in [5, 5.41) is 8.09. The van der Waals surface area contributed by atoms with E-state index in [0.717, 1.165) is 11.4 Å². The van der Waals surface area contributed by atoms with Crippen LogP contribution in [0.25, 0.3) is 0 Å². The van der Waals surface area contributed by atoms with E-state index in [2.05, 4.69) is 16.1 Å². The minimum atomic E-state index is -0.474. The van der Waals surface area contributed by atoms with E-state index in [-0.39, 0.29) is 18.4 Å². The Morgan fingerprint density at radius 3 is 2.65 bits per heavy atom. The Hall–Kier alpha value is -2.68. The predicted octanol–water partition coefficient (Wildman–Crippen LogP) is 2.35. The molecule has 0 unspecified atom stereocenters. The molecule has 0 aliphatic carbocycles. The number of carbonyl (C=O) groups excluding carboxylic acids is 2. The van der Waals surface area contributed by atoms with Gasteiger partial charge in [-0.1, -0.05) is 12.1 Å². The molecule has 118 valence electrons. The molecule has 1 aromatic carbocycles. The summed E-state index contributed by atoms with van der Waals surface area (Å²) in [6.07, 6.45) is 7.37. The lowest BCUT2D eigenvalue weighted by Crippen LogP contribution is -2.46. The third-order valence-corrected chi connectivity index (χ3v) is 4.29. The standard InChI is InChI=1S/C17H18N4O2/c1-3-4-10-17(18-19-17)11-9-15(22)21-12-16(23)20(2)13-7-5-6-8-14(13)21/h1,5-8H,4,9-12H2,2H3. The molecule has 3 rings (SSSR count). The summed E-state index contributed by atoms with van der Waals surface area (Å²) in [6.45, 7) is 0.0674. The van der Waals surface area contributed by atoms with Crippen molar-refractivity contribution in [3.05, 3.63) is 24.3 Å². The molecule has 0 bridgehead atoms. The third kappa shape index (κ3) is 2.95. The van der Waals surface area contributed by atoms with Gasteiger partial charge < -0.3 is 9.80 Å². The van der Waals surface area contributed by atoms with Crippen molar-refractivity contribution in [2.75, 3.05) is 23.4 Å². The second-order valence-corrected chi connectivity index (χ2v) is 5.81. The van der Waals surface area contributed by atoms with Crippen LogP contribution in [0, 0.1) is 12.3 Å². The van der Waals surface area contributed by atoms with Crippen LogP contribution in [0.2, 0.25) is 0 Å². The minimum absolute atomic E-state index is 0.0674. The van der Waals surface area contributed by atoms with Gasteiger partial charge in [0.2, 0.25) is 11.8 Å². The van der Waals surface area contributed by atoms with Crippen LogP contribution in [-0.2, 0) is 9.59 Å². The van der Waals surface area contributed by atoms with Crippen molar-refractivity contribution in [1.82, 2.24) is 0 Å². The molecule has 6 nitrogen and oxygen atoms in total. The highest BCUT2D eigenvalue weighted by molar-refractivity contribution is 6.10. The van der Waals surface area contributed by atoms with Gasteiger partial charge in [-0.2, -0.15) is 10.2 Å². The molecule has 0 saturated carbocycles. The average Bonchev–Trinajstić information content (AvgIpc) is 3.34. The maximum absolute atomic E-state index is 12.6. The van der Waals surface area contributed by atoms with Crippen molar-refractivity contribution in [3.63, 3.8) is 0 Å². The Morgan fingerprint density at radius 2 is 2.00 bits per heavy atom. The van der Waals surface area contributed by atoms with Gasteiger partial charge >= 0.3 is 0 Å². The second kappa shape index (κ2) is 5.84. The molecule has 0 radical (unpaired) electrons. The van der Waals surface area contributed by atoms with E-state index in [9.17, 15) is 9.59 Å². The molecule has 2 amide bonds. The zero-order valence-corrected chi connectivity index (χ0v) is 13.0. The molecule has 1 aromatic rings. The Bertz CT molecular complexity index is 714. The van der Waals surface area contributed by atoms with Crippen LogP contribution in [0.5, 0.6) is 0 Å². The molecule has 0 N–H and O–H groups in total. The van der Waals surface area contributed by atoms with E-state index >= 15 is 0 Å². The summed E-state index contributed by atoms with van der Waals surface area (Å²) in [5.41, 5.74) is 1.04. The monoisotopic (exact) mass is 310 g/mol. The van der Waals surface area contributed by atoms with Gasteiger partial charge in [-0.3, -0.25) is 9.59 Å². The summed E-state index contributed by atoms with van der Waals surface area (Å²) >= 11 is 0. The Morgan fingerprint density at radius 1 is 1.30 bits per heavy atom. The number of benzene rings is 1. The van der Waals surface area contributed by atoms with E-state index < -0.39 is 5.66 Å². The van der Waals surface area contributed by atoms with E-state index in [1.165, 1.54) is 0 Å². The topological polar surface area (TPSA) is 65.3 Å². The molecular weight excluding hydrogens is 292 g/mol. The first-order valence-corrected chi connectivity index (χ1v) is 7.60. The molecule has 23 heavy (non-hydrogen) atoms. The summed E-state index contributed by atoms with van der Waals surface area (Å²) in [6, 6.07) is 7.42. The molecule has 2 aliphatic rings. The maximum atomic E-state index is 12.6. The van der Waals surface area contributed by atoms with E-state index in [1.807, 2.05) is 24.3 Å². The molecule has 0 saturated heterocycles. The van der Waals surface area contributed by atoms with E-state index in [4.69, 9.17) is 6.42 Å². The van der Waals surface area contributed by atoms with Crippen LogP contribution in [0.1, 0.15) is 25.7 Å². The highest BCUT2D eigenvalue weighted by atomic mass is 16.2. The minimum Gasteiger partial charge on any atom is -0.312 e. The van der Waals surface area contributed by atoms with Gasteiger partial charge in [0.15, 0.2) is 5.66 Å². The lowest BCUT2D eigenvalue weighted by molar-refractivity contribution is -0.123. The van der Waals surface area contributed by atoms with Crippen LogP contribution in [0.3, 0.4) is 0 Å². The lowest BCUT2D eigenvalue weighted by Gasteiger charge is -2.34. The predicted molar refractivity (Wildman–Crippen MR) is 87.1 cm³/mol. The average molecular weight is 310 g/mol. The molecule has 2 heterocycles. The van der Waals surface area contributed by atoms with Crippen LogP contribution < -0.4 is 9.80 Å². The van der Waals surface area contributed by atoms with Crippen molar-refractivity contribution in [2.24, 2.45) is 10.2 Å². The normalized spacial score (nSPS) is 17.7. The summed E-state index contributed by atoms with van der Waals surface area (Å²) in [4.78, 5) is 27.8. The largest absolute Gasteiger partial charge is 0.312 e. The number of hydrogen-bond acceptors (Lipinski definition) is 4. The van der Waals surface area contributed by atoms with Crippen molar-refractivity contribution in [3.8, 4) is 12.3 Å². The molecule has 0 atom stereocenters. The van der Waals surface area contributed by atoms with Crippen LogP contribution in [0.15, 0.2) is 34.5 Å². The summed E-state index contributed by atoms with van der Waals surface area (Å²) in [7, 11) is 1.72. The van der Waals surface area contributed by atoms with Gasteiger partial charge in [0.1, 0.15) is 6.54 Å². The van der Waals surface area contributed by atoms with Crippen LogP contribution in [0.4, 0.5) is 11.4 Å². The number of anilines is 2. The number of terminal acetylenes is 1. The molecule has 0 aromatic heterocycles. The summed E-state index contributed by atoms with van der Waals surface area (Å²) < 4.78 is 0. The first kappa shape index (κ1) is 15.2. The quantitative estimate of drug-likeness (QED) is 0.784. The van der Waals surface area contributed by atoms with E-state index in [1.54, 1.807) is 16.8 Å². The second-order valence-electron chi connectivity index (χ2n) is 5.81. The van der Waals surface area contributed by atoms with E-state index in [0.29, 0.717) is 25.7 Å². The smallest absolute Gasteiger partial charge is 0.246 e. The Labute approximate surface area is 135 Å². The van der Waals surface area contributed by atoms with Crippen molar-refractivity contribution in [1.29, 1.82) is 0 Å². The highest BCUT2D eigenvalue weighted by Crippen LogP contribution is 2.39. The molecule has 0 spiro atoms. The fraction of sp³-hybridized carbons (Fsp3) is 0.412. The number of hydrogen-bond donors (Lipinski definition) is 0. The van der Waals surface area contributed by atoms with Gasteiger partial charge in [0.05, 0.1) is 11.4 Å². The van der Waals surface area contributed by atoms with Crippen LogP contribution in [-0.4, -0.2) is 31.1 Å². The van der Waals surface area contributed by atoms with Crippen molar-refractivity contribution >= 4 is 23.2 Å². The number of para-hydroxylation sites is 2. The van der Waals surface area contributed by atoms with Gasteiger partial charge in [-0.15, -0.1) is 12.3 Å². The molecule has 6 heteroatoms. The number of nitrogens with zero attached hydrogens (tertiary/aromatic N) is 4. The molecule has 2 aliphatic heterocycles. The highest BCUT2D eigenvalue weighted by Gasteiger charge is 2.40. The van der Waals surface area contributed by atoms with Gasteiger partial charge in [0.25, 0.3) is 0 Å². The van der Waals surface area contributed by atoms with Crippen LogP contribution >= 0.6 is 0 Å². The fourth-order valence-corrected chi connectivity index (χ4v) is 2.77. The van der Waals surface area contributed by atoms with Gasteiger partial charge in [0, 0.05) is 32.7 Å². The number of amides is 2. The molecular formula is C17H18N4O2.